The third kappa shape index (κ3) is 4.79. The molecule has 0 atom stereocenters. The second-order valence-electron chi connectivity index (χ2n) is 7.67. The zero-order chi connectivity index (χ0) is 20.8. The fourth-order valence-electron chi connectivity index (χ4n) is 3.95. The smallest absolute Gasteiger partial charge is 0.262 e. The molecule has 1 aliphatic rings. The van der Waals surface area contributed by atoms with Gasteiger partial charge < -0.3 is 15.4 Å². The number of carbonyl (C=O) groups is 2. The van der Waals surface area contributed by atoms with Gasteiger partial charge in [-0.25, -0.2) is 0 Å². The van der Waals surface area contributed by atoms with Crippen molar-refractivity contribution in [2.45, 2.75) is 38.1 Å². The van der Waals surface area contributed by atoms with Crippen LogP contribution in [0.3, 0.4) is 0 Å². The first kappa shape index (κ1) is 20.0. The molecule has 5 nitrogen and oxygen atoms in total. The fourth-order valence-corrected chi connectivity index (χ4v) is 3.95. The number of fused-ring (bicyclic) bond motifs is 1. The Bertz CT molecular complexity index is 1040. The number of carbonyl (C=O) groups excluding carboxylic acids is 2. The Balaban J connectivity index is 1.40. The lowest BCUT2D eigenvalue weighted by Crippen LogP contribution is -2.36. The summed E-state index contributed by atoms with van der Waals surface area (Å²) < 4.78 is 5.76. The summed E-state index contributed by atoms with van der Waals surface area (Å²) in [5, 5.41) is 7.94. The number of benzene rings is 3. The Labute approximate surface area is 176 Å². The minimum Gasteiger partial charge on any atom is -0.483 e. The number of hydrogen-bond acceptors (Lipinski definition) is 3. The van der Waals surface area contributed by atoms with E-state index in [9.17, 15) is 9.59 Å². The molecule has 2 amide bonds. The summed E-state index contributed by atoms with van der Waals surface area (Å²) in [4.78, 5) is 25.3. The lowest BCUT2D eigenvalue weighted by Gasteiger charge is -2.23. The highest BCUT2D eigenvalue weighted by molar-refractivity contribution is 6.04. The molecular formula is C25H26N2O3. The maximum Gasteiger partial charge on any atom is 0.262 e. The van der Waals surface area contributed by atoms with Gasteiger partial charge in [-0.2, -0.15) is 0 Å². The van der Waals surface area contributed by atoms with Crippen LogP contribution in [-0.2, 0) is 4.79 Å². The monoisotopic (exact) mass is 402 g/mol. The van der Waals surface area contributed by atoms with E-state index < -0.39 is 0 Å². The van der Waals surface area contributed by atoms with Gasteiger partial charge in [0.15, 0.2) is 6.61 Å². The van der Waals surface area contributed by atoms with Gasteiger partial charge in [0.25, 0.3) is 11.8 Å². The molecule has 0 aromatic heterocycles. The van der Waals surface area contributed by atoms with E-state index in [1.165, 1.54) is 6.42 Å². The van der Waals surface area contributed by atoms with Crippen LogP contribution in [0.5, 0.6) is 5.75 Å². The lowest BCUT2D eigenvalue weighted by atomic mass is 9.95. The zero-order valence-electron chi connectivity index (χ0n) is 16.9. The van der Waals surface area contributed by atoms with Crippen molar-refractivity contribution in [3.05, 3.63) is 72.3 Å². The van der Waals surface area contributed by atoms with Crippen molar-refractivity contribution in [2.24, 2.45) is 0 Å². The molecule has 0 radical (unpaired) electrons. The van der Waals surface area contributed by atoms with E-state index in [1.807, 2.05) is 42.5 Å². The van der Waals surface area contributed by atoms with E-state index in [0.29, 0.717) is 17.0 Å². The van der Waals surface area contributed by atoms with Gasteiger partial charge in [-0.3, -0.25) is 9.59 Å². The first-order chi connectivity index (χ1) is 14.7. The van der Waals surface area contributed by atoms with Crippen molar-refractivity contribution in [3.63, 3.8) is 0 Å². The van der Waals surface area contributed by atoms with Gasteiger partial charge in [0.2, 0.25) is 0 Å². The molecule has 1 fully saturated rings. The Morgan fingerprint density at radius 3 is 2.47 bits per heavy atom. The van der Waals surface area contributed by atoms with Gasteiger partial charge in [-0.05, 0) is 36.4 Å². The lowest BCUT2D eigenvalue weighted by molar-refractivity contribution is -0.118. The molecule has 1 aliphatic carbocycles. The minimum absolute atomic E-state index is 0.132. The quantitative estimate of drug-likeness (QED) is 0.615. The summed E-state index contributed by atoms with van der Waals surface area (Å²) in [6.07, 6.45) is 5.55. The molecule has 154 valence electrons. The molecular weight excluding hydrogens is 376 g/mol. The van der Waals surface area contributed by atoms with E-state index in [4.69, 9.17) is 4.74 Å². The number of ether oxygens (including phenoxy) is 1. The Morgan fingerprint density at radius 1 is 0.867 bits per heavy atom. The molecule has 0 unspecified atom stereocenters. The molecule has 5 heteroatoms. The average Bonchev–Trinajstić information content (AvgIpc) is 2.78. The predicted molar refractivity (Wildman–Crippen MR) is 119 cm³/mol. The average molecular weight is 402 g/mol. The standard InChI is InChI=1S/C25H26N2O3/c28-24(17-30-23-16-8-10-18-9-4-5-13-20(18)23)27-22-15-7-6-14-21(22)25(29)26-19-11-2-1-3-12-19/h4-10,13-16,19H,1-3,11-12,17H2,(H,26,29)(H,27,28). The SMILES string of the molecule is O=C(COc1cccc2ccccc12)Nc1ccccc1C(=O)NC1CCCCC1. The van der Waals surface area contributed by atoms with Crippen molar-refractivity contribution in [3.8, 4) is 5.75 Å². The molecule has 2 N–H and O–H groups in total. The van der Waals surface area contributed by atoms with E-state index in [-0.39, 0.29) is 24.5 Å². The van der Waals surface area contributed by atoms with Crippen LogP contribution in [0.15, 0.2) is 66.7 Å². The number of amides is 2. The molecule has 3 aromatic rings. The molecule has 0 bridgehead atoms. The first-order valence-electron chi connectivity index (χ1n) is 10.5. The highest BCUT2D eigenvalue weighted by Gasteiger charge is 2.19. The largest absolute Gasteiger partial charge is 0.483 e. The number of anilines is 1. The van der Waals surface area contributed by atoms with E-state index in [2.05, 4.69) is 10.6 Å². The van der Waals surface area contributed by atoms with Crippen LogP contribution < -0.4 is 15.4 Å². The van der Waals surface area contributed by atoms with E-state index in [1.54, 1.807) is 24.3 Å². The predicted octanol–water partition coefficient (Wildman–Crippen LogP) is 4.92. The van der Waals surface area contributed by atoms with Crippen LogP contribution in [0.2, 0.25) is 0 Å². The Morgan fingerprint density at radius 2 is 1.60 bits per heavy atom. The molecule has 3 aromatic carbocycles. The van der Waals surface area contributed by atoms with Gasteiger partial charge in [-0.1, -0.05) is 67.8 Å². The van der Waals surface area contributed by atoms with Crippen LogP contribution >= 0.6 is 0 Å². The summed E-state index contributed by atoms with van der Waals surface area (Å²) >= 11 is 0. The van der Waals surface area contributed by atoms with Crippen LogP contribution in [0.25, 0.3) is 10.8 Å². The van der Waals surface area contributed by atoms with Gasteiger partial charge in [0, 0.05) is 11.4 Å². The van der Waals surface area contributed by atoms with Crippen molar-refractivity contribution in [1.82, 2.24) is 5.32 Å². The second kappa shape index (κ2) is 9.44. The molecule has 0 spiro atoms. The minimum atomic E-state index is -0.305. The third-order valence-corrected chi connectivity index (χ3v) is 5.49. The summed E-state index contributed by atoms with van der Waals surface area (Å²) in [6.45, 7) is -0.132. The van der Waals surface area contributed by atoms with Crippen LogP contribution in [0, 0.1) is 0 Å². The third-order valence-electron chi connectivity index (χ3n) is 5.49. The molecule has 30 heavy (non-hydrogen) atoms. The van der Waals surface area contributed by atoms with Crippen molar-refractivity contribution < 1.29 is 14.3 Å². The van der Waals surface area contributed by atoms with Gasteiger partial charge in [-0.15, -0.1) is 0 Å². The maximum atomic E-state index is 12.7. The fraction of sp³-hybridized carbons (Fsp3) is 0.280. The highest BCUT2D eigenvalue weighted by Crippen LogP contribution is 2.25. The second-order valence-corrected chi connectivity index (χ2v) is 7.67. The van der Waals surface area contributed by atoms with E-state index in [0.717, 1.165) is 36.5 Å². The number of hydrogen-bond donors (Lipinski definition) is 2. The Hall–Kier alpha value is -3.34. The summed E-state index contributed by atoms with van der Waals surface area (Å²) in [6, 6.07) is 20.9. The maximum absolute atomic E-state index is 12.7. The van der Waals surface area contributed by atoms with Crippen molar-refractivity contribution >= 4 is 28.3 Å². The van der Waals surface area contributed by atoms with Crippen LogP contribution in [0.4, 0.5) is 5.69 Å². The summed E-state index contributed by atoms with van der Waals surface area (Å²) in [5.74, 6) is 0.209. The molecule has 0 saturated heterocycles. The molecule has 4 rings (SSSR count). The summed E-state index contributed by atoms with van der Waals surface area (Å²) in [5.41, 5.74) is 0.971. The number of para-hydroxylation sites is 1. The van der Waals surface area contributed by atoms with Gasteiger partial charge >= 0.3 is 0 Å². The first-order valence-corrected chi connectivity index (χ1v) is 10.5. The number of rotatable bonds is 6. The van der Waals surface area contributed by atoms with Crippen LogP contribution in [0.1, 0.15) is 42.5 Å². The van der Waals surface area contributed by atoms with Gasteiger partial charge in [0.1, 0.15) is 5.75 Å². The zero-order valence-corrected chi connectivity index (χ0v) is 16.9. The van der Waals surface area contributed by atoms with Gasteiger partial charge in [0.05, 0.1) is 11.3 Å². The Kier molecular flexibility index (Phi) is 6.28. The highest BCUT2D eigenvalue weighted by atomic mass is 16.5. The van der Waals surface area contributed by atoms with Crippen molar-refractivity contribution in [2.75, 3.05) is 11.9 Å². The van der Waals surface area contributed by atoms with Crippen molar-refractivity contribution in [1.29, 1.82) is 0 Å². The van der Waals surface area contributed by atoms with Crippen LogP contribution in [-0.4, -0.2) is 24.5 Å². The molecule has 0 aliphatic heterocycles. The molecule has 0 heterocycles. The topological polar surface area (TPSA) is 67.4 Å². The summed E-state index contributed by atoms with van der Waals surface area (Å²) in [7, 11) is 0. The number of nitrogens with one attached hydrogen (secondary N) is 2. The normalized spacial score (nSPS) is 14.3. The van der Waals surface area contributed by atoms with E-state index >= 15 is 0 Å². The molecule has 1 saturated carbocycles.